The fraction of sp³-hybridized carbons (Fsp3) is 0.559. The molecule has 0 aliphatic heterocycles. The van der Waals surface area contributed by atoms with Gasteiger partial charge in [0.1, 0.15) is 0 Å². The summed E-state index contributed by atoms with van der Waals surface area (Å²) in [5, 5.41) is 31.4. The molecule has 1 aromatic rings. The molecule has 5 rings (SSSR count). The van der Waals surface area contributed by atoms with E-state index in [0.717, 1.165) is 36.8 Å². The molecule has 38 heavy (non-hydrogen) atoms. The van der Waals surface area contributed by atoms with E-state index in [1.54, 1.807) is 0 Å². The Bertz CT molecular complexity index is 1140. The molecule has 0 amide bonds. The van der Waals surface area contributed by atoms with E-state index in [2.05, 4.69) is 38.7 Å². The van der Waals surface area contributed by atoms with E-state index in [1.165, 1.54) is 24.8 Å². The first-order valence-electron chi connectivity index (χ1n) is 14.6. The molecule has 4 aliphatic carbocycles. The number of benzene rings is 1. The first-order valence-corrected chi connectivity index (χ1v) is 14.6. The Kier molecular flexibility index (Phi) is 7.70. The van der Waals surface area contributed by atoms with E-state index in [9.17, 15) is 20.1 Å². The number of fused-ring (bicyclic) bond motifs is 1. The van der Waals surface area contributed by atoms with Crippen LogP contribution in [0.5, 0.6) is 0 Å². The summed E-state index contributed by atoms with van der Waals surface area (Å²) in [5.41, 5.74) is 3.43. The van der Waals surface area contributed by atoms with Gasteiger partial charge >= 0.3 is 0 Å². The van der Waals surface area contributed by atoms with Crippen LogP contribution in [-0.4, -0.2) is 39.4 Å². The van der Waals surface area contributed by atoms with E-state index < -0.39 is 23.7 Å². The molecule has 7 atom stereocenters. The maximum atomic E-state index is 13.1. The van der Waals surface area contributed by atoms with Crippen molar-refractivity contribution in [2.75, 3.05) is 0 Å². The summed E-state index contributed by atoms with van der Waals surface area (Å²) in [6.07, 6.45) is 14.7. The summed E-state index contributed by atoms with van der Waals surface area (Å²) in [5.74, 6) is 1.44. The Morgan fingerprint density at radius 1 is 1.08 bits per heavy atom. The highest BCUT2D eigenvalue weighted by molar-refractivity contribution is 6.02. The second-order valence-corrected chi connectivity index (χ2v) is 12.7. The normalized spacial score (nSPS) is 36.4. The number of ketones is 1. The average molecular weight is 517 g/mol. The lowest BCUT2D eigenvalue weighted by Gasteiger charge is -2.44. The van der Waals surface area contributed by atoms with Crippen molar-refractivity contribution < 1.29 is 20.1 Å². The molecule has 0 heterocycles. The number of allylic oxidation sites excluding steroid dienone is 4. The van der Waals surface area contributed by atoms with Crippen molar-refractivity contribution >= 4 is 5.78 Å². The number of carbonyl (C=O) groups excluding carboxylic acids is 1. The lowest BCUT2D eigenvalue weighted by molar-refractivity contribution is 0.0725. The van der Waals surface area contributed by atoms with Crippen molar-refractivity contribution in [3.8, 4) is 0 Å². The van der Waals surface area contributed by atoms with Crippen LogP contribution in [0.4, 0.5) is 0 Å². The fourth-order valence-corrected chi connectivity index (χ4v) is 7.88. The first kappa shape index (κ1) is 27.3. The highest BCUT2D eigenvalue weighted by atomic mass is 16.3. The van der Waals surface area contributed by atoms with Crippen LogP contribution < -0.4 is 0 Å². The van der Waals surface area contributed by atoms with Crippen LogP contribution in [-0.2, 0) is 0 Å². The molecular formula is C34H44O4. The van der Waals surface area contributed by atoms with Crippen molar-refractivity contribution in [1.29, 1.82) is 0 Å². The highest BCUT2D eigenvalue weighted by Gasteiger charge is 2.55. The Balaban J connectivity index is 1.28. The number of aliphatic hydroxyl groups excluding tert-OH is 3. The van der Waals surface area contributed by atoms with Crippen molar-refractivity contribution in [3.05, 3.63) is 83.5 Å². The van der Waals surface area contributed by atoms with Gasteiger partial charge in [0.2, 0.25) is 0 Å². The quantitative estimate of drug-likeness (QED) is 0.292. The molecule has 4 aliphatic rings. The maximum absolute atomic E-state index is 13.1. The molecule has 3 N–H and O–H groups in total. The lowest BCUT2D eigenvalue weighted by atomic mass is 9.61. The van der Waals surface area contributed by atoms with Crippen LogP contribution in [0.3, 0.4) is 0 Å². The Morgan fingerprint density at radius 2 is 1.82 bits per heavy atom. The number of hydrogen-bond acceptors (Lipinski definition) is 4. The summed E-state index contributed by atoms with van der Waals surface area (Å²) in [7, 11) is 0. The van der Waals surface area contributed by atoms with Gasteiger partial charge in [0, 0.05) is 12.0 Å². The molecular weight excluding hydrogens is 472 g/mol. The molecule has 204 valence electrons. The number of hydrogen-bond donors (Lipinski definition) is 3. The average Bonchev–Trinajstić information content (AvgIpc) is 3.64. The van der Waals surface area contributed by atoms with Gasteiger partial charge in [-0.1, -0.05) is 80.6 Å². The Morgan fingerprint density at radius 3 is 2.53 bits per heavy atom. The molecule has 4 fully saturated rings. The molecule has 0 bridgehead atoms. The van der Waals surface area contributed by atoms with Crippen LogP contribution in [0.25, 0.3) is 0 Å². The maximum Gasteiger partial charge on any atom is 0.171 e. The largest absolute Gasteiger partial charge is 0.393 e. The molecule has 4 saturated carbocycles. The van der Waals surface area contributed by atoms with Gasteiger partial charge in [-0.25, -0.2) is 0 Å². The molecule has 0 aromatic heterocycles. The van der Waals surface area contributed by atoms with Crippen LogP contribution in [0.1, 0.15) is 82.0 Å². The minimum absolute atomic E-state index is 0.0626. The van der Waals surface area contributed by atoms with E-state index in [-0.39, 0.29) is 11.2 Å². The number of carbonyl (C=O) groups is 1. The highest BCUT2D eigenvalue weighted by Crippen LogP contribution is 2.60. The fourth-order valence-electron chi connectivity index (χ4n) is 7.88. The second-order valence-electron chi connectivity index (χ2n) is 12.7. The van der Waals surface area contributed by atoms with Crippen LogP contribution in [0, 0.1) is 28.6 Å². The summed E-state index contributed by atoms with van der Waals surface area (Å²) >= 11 is 0. The second kappa shape index (κ2) is 10.7. The van der Waals surface area contributed by atoms with Gasteiger partial charge in [0.25, 0.3) is 0 Å². The summed E-state index contributed by atoms with van der Waals surface area (Å²) < 4.78 is 0. The Labute approximate surface area is 227 Å². The van der Waals surface area contributed by atoms with E-state index in [1.807, 2.05) is 36.4 Å². The van der Waals surface area contributed by atoms with E-state index in [0.29, 0.717) is 36.2 Å². The molecule has 0 spiro atoms. The zero-order chi connectivity index (χ0) is 27.1. The molecule has 4 nitrogen and oxygen atoms in total. The SMILES string of the molecule is C=C1/C(=C\C=C2/CCC[C@]3(C)[C@@H]([C@H](C)/C=C/[C@H](O)C4(C(=O)c5ccccc5)CC4)CC[C@@H]23)C[C@@H](O)C[C@@H]1O. The zero-order valence-corrected chi connectivity index (χ0v) is 23.0. The smallest absolute Gasteiger partial charge is 0.171 e. The van der Waals surface area contributed by atoms with Crippen LogP contribution >= 0.6 is 0 Å². The van der Waals surface area contributed by atoms with Crippen molar-refractivity contribution in [3.63, 3.8) is 0 Å². The third-order valence-corrected chi connectivity index (χ3v) is 10.4. The molecule has 0 unspecified atom stereocenters. The van der Waals surface area contributed by atoms with E-state index in [4.69, 9.17) is 0 Å². The van der Waals surface area contributed by atoms with Crippen LogP contribution in [0.2, 0.25) is 0 Å². The predicted octanol–water partition coefficient (Wildman–Crippen LogP) is 6.34. The summed E-state index contributed by atoms with van der Waals surface area (Å²) in [6, 6.07) is 9.37. The van der Waals surface area contributed by atoms with Gasteiger partial charge in [0.15, 0.2) is 5.78 Å². The molecule has 0 radical (unpaired) electrons. The monoisotopic (exact) mass is 516 g/mol. The van der Waals surface area contributed by atoms with Crippen molar-refractivity contribution in [2.24, 2.45) is 28.6 Å². The topological polar surface area (TPSA) is 77.8 Å². The summed E-state index contributed by atoms with van der Waals surface area (Å²) in [4.78, 5) is 13.1. The first-order chi connectivity index (χ1) is 18.2. The van der Waals surface area contributed by atoms with Gasteiger partial charge < -0.3 is 15.3 Å². The van der Waals surface area contributed by atoms with Gasteiger partial charge in [-0.15, -0.1) is 0 Å². The van der Waals surface area contributed by atoms with Gasteiger partial charge in [-0.3, -0.25) is 4.79 Å². The lowest BCUT2D eigenvalue weighted by Crippen LogP contribution is -2.35. The van der Waals surface area contributed by atoms with Gasteiger partial charge in [-0.05, 0) is 85.7 Å². The third kappa shape index (κ3) is 5.03. The van der Waals surface area contributed by atoms with Gasteiger partial charge in [-0.2, -0.15) is 0 Å². The number of Topliss-reactive ketones (excluding diaryl/α,β-unsaturated/α-hetero) is 1. The predicted molar refractivity (Wildman–Crippen MR) is 151 cm³/mol. The van der Waals surface area contributed by atoms with E-state index >= 15 is 0 Å². The van der Waals surface area contributed by atoms with Gasteiger partial charge in [0.05, 0.1) is 23.7 Å². The summed E-state index contributed by atoms with van der Waals surface area (Å²) in [6.45, 7) is 8.79. The standard InChI is InChI=1S/C34H44O4/c1-22(11-16-31(37)34(18-19-34)32(38)25-8-5-4-6-9-25)28-14-15-29-24(10-7-17-33(28,29)3)12-13-26-20-27(35)21-30(36)23(26)2/h4-6,8-9,11-13,16,22,27-31,35-37H,2,7,10,14-15,17-21H2,1,3H3/b16-11+,24-12+,26-13-/t22-,27-,28-,29+,30+,31+,33-/m1/s1. The zero-order valence-electron chi connectivity index (χ0n) is 23.0. The third-order valence-electron chi connectivity index (χ3n) is 10.4. The van der Waals surface area contributed by atoms with Crippen LogP contribution in [0.15, 0.2) is 77.9 Å². The van der Waals surface area contributed by atoms with Crippen molar-refractivity contribution in [2.45, 2.75) is 89.9 Å². The number of aliphatic hydroxyl groups is 3. The minimum Gasteiger partial charge on any atom is -0.393 e. The molecule has 0 saturated heterocycles. The van der Waals surface area contributed by atoms with Crippen molar-refractivity contribution in [1.82, 2.24) is 0 Å². The molecule has 1 aromatic carbocycles. The number of rotatable bonds is 7. The molecule has 4 heteroatoms. The minimum atomic E-state index is -0.745. The Hall–Kier alpha value is -2.27.